The van der Waals surface area contributed by atoms with Gasteiger partial charge in [0.15, 0.2) is 18.1 Å². The molecular weight excluding hydrogens is 262 g/mol. The predicted molar refractivity (Wildman–Crippen MR) is 70.6 cm³/mol. The highest BCUT2D eigenvalue weighted by molar-refractivity contribution is 5.79. The summed E-state index contributed by atoms with van der Waals surface area (Å²) in [6.45, 7) is 0.356. The first-order chi connectivity index (χ1) is 9.58. The zero-order chi connectivity index (χ0) is 14.5. The third-order valence-electron chi connectivity index (χ3n) is 3.32. The zero-order valence-electron chi connectivity index (χ0n) is 11.0. The summed E-state index contributed by atoms with van der Waals surface area (Å²) in [6.07, 6.45) is 1.47. The molecule has 1 fully saturated rings. The first-order valence-corrected chi connectivity index (χ1v) is 6.50. The molecule has 1 aromatic carbocycles. The lowest BCUT2D eigenvalue weighted by molar-refractivity contribution is -0.140. The minimum absolute atomic E-state index is 0.0243. The Hall–Kier alpha value is -2.24. The highest BCUT2D eigenvalue weighted by atomic mass is 16.5. The highest BCUT2D eigenvalue weighted by Crippen LogP contribution is 2.25. The molecule has 1 aromatic rings. The number of para-hydroxylation sites is 2. The van der Waals surface area contributed by atoms with E-state index in [-0.39, 0.29) is 36.5 Å². The van der Waals surface area contributed by atoms with Crippen molar-refractivity contribution in [3.05, 3.63) is 24.3 Å². The Labute approximate surface area is 116 Å². The van der Waals surface area contributed by atoms with Crippen LogP contribution in [0, 0.1) is 0 Å². The largest absolute Gasteiger partial charge is 0.504 e. The number of carboxylic acids is 1. The van der Waals surface area contributed by atoms with Crippen LogP contribution in [0.2, 0.25) is 0 Å². The van der Waals surface area contributed by atoms with Crippen LogP contribution in [0.5, 0.6) is 11.5 Å². The summed E-state index contributed by atoms with van der Waals surface area (Å²) in [7, 11) is 0. The van der Waals surface area contributed by atoms with Gasteiger partial charge in [-0.05, 0) is 25.0 Å². The fourth-order valence-corrected chi connectivity index (χ4v) is 2.38. The van der Waals surface area contributed by atoms with Crippen LogP contribution in [0.4, 0.5) is 0 Å². The summed E-state index contributed by atoms with van der Waals surface area (Å²) in [5.41, 5.74) is 0. The second-order valence-electron chi connectivity index (χ2n) is 4.74. The Morgan fingerprint density at radius 2 is 2.10 bits per heavy atom. The van der Waals surface area contributed by atoms with E-state index in [0.29, 0.717) is 13.0 Å². The number of amides is 1. The lowest BCUT2D eigenvalue weighted by Gasteiger charge is -2.23. The predicted octanol–water partition coefficient (Wildman–Crippen LogP) is 1.24. The van der Waals surface area contributed by atoms with Gasteiger partial charge in [0, 0.05) is 12.6 Å². The van der Waals surface area contributed by atoms with E-state index in [1.807, 2.05) is 0 Å². The third-order valence-corrected chi connectivity index (χ3v) is 3.32. The van der Waals surface area contributed by atoms with Crippen LogP contribution >= 0.6 is 0 Å². The number of nitrogens with zero attached hydrogens (tertiary/aromatic N) is 1. The summed E-state index contributed by atoms with van der Waals surface area (Å²) in [5, 5.41) is 18.3. The quantitative estimate of drug-likeness (QED) is 0.846. The average Bonchev–Trinajstić information content (AvgIpc) is 2.85. The number of hydrogen-bond donors (Lipinski definition) is 2. The Morgan fingerprint density at radius 1 is 1.35 bits per heavy atom. The first-order valence-electron chi connectivity index (χ1n) is 6.50. The van der Waals surface area contributed by atoms with E-state index < -0.39 is 5.97 Å². The molecule has 2 N–H and O–H groups in total. The van der Waals surface area contributed by atoms with Crippen molar-refractivity contribution in [2.45, 2.75) is 25.3 Å². The molecule has 1 aliphatic heterocycles. The van der Waals surface area contributed by atoms with Crippen LogP contribution in [0.1, 0.15) is 19.3 Å². The van der Waals surface area contributed by atoms with Gasteiger partial charge in [-0.25, -0.2) is 0 Å². The number of rotatable bonds is 5. The number of carboxylic acid groups (broad SMARTS) is 1. The minimum atomic E-state index is -0.906. The van der Waals surface area contributed by atoms with Crippen molar-refractivity contribution in [2.75, 3.05) is 13.2 Å². The molecule has 0 saturated carbocycles. The highest BCUT2D eigenvalue weighted by Gasteiger charge is 2.30. The lowest BCUT2D eigenvalue weighted by atomic mass is 10.1. The van der Waals surface area contributed by atoms with Crippen LogP contribution in [-0.2, 0) is 9.59 Å². The topological polar surface area (TPSA) is 87.1 Å². The van der Waals surface area contributed by atoms with Crippen LogP contribution in [-0.4, -0.2) is 46.2 Å². The molecule has 1 saturated heterocycles. The van der Waals surface area contributed by atoms with Gasteiger partial charge in [0.05, 0.1) is 6.42 Å². The van der Waals surface area contributed by atoms with Gasteiger partial charge >= 0.3 is 5.97 Å². The van der Waals surface area contributed by atoms with Gasteiger partial charge in [0.1, 0.15) is 0 Å². The molecule has 1 unspecified atom stereocenters. The van der Waals surface area contributed by atoms with Gasteiger partial charge < -0.3 is 19.8 Å². The molecule has 20 heavy (non-hydrogen) atoms. The van der Waals surface area contributed by atoms with Crippen molar-refractivity contribution < 1.29 is 24.5 Å². The summed E-state index contributed by atoms with van der Waals surface area (Å²) in [4.78, 5) is 24.3. The fourth-order valence-electron chi connectivity index (χ4n) is 2.38. The molecule has 108 valence electrons. The van der Waals surface area contributed by atoms with Crippen molar-refractivity contribution >= 4 is 11.9 Å². The van der Waals surface area contributed by atoms with E-state index in [4.69, 9.17) is 9.84 Å². The number of carbonyl (C=O) groups excluding carboxylic acids is 1. The molecule has 0 radical (unpaired) electrons. The minimum Gasteiger partial charge on any atom is -0.504 e. The van der Waals surface area contributed by atoms with Crippen LogP contribution < -0.4 is 4.74 Å². The van der Waals surface area contributed by atoms with Crippen molar-refractivity contribution in [3.63, 3.8) is 0 Å². The number of benzene rings is 1. The van der Waals surface area contributed by atoms with Crippen molar-refractivity contribution in [2.24, 2.45) is 0 Å². The smallest absolute Gasteiger partial charge is 0.305 e. The van der Waals surface area contributed by atoms with Gasteiger partial charge in [-0.2, -0.15) is 0 Å². The molecule has 0 spiro atoms. The fraction of sp³-hybridized carbons (Fsp3) is 0.429. The SMILES string of the molecule is O=C(O)CC1CCCN1C(=O)COc1ccccc1O. The van der Waals surface area contributed by atoms with E-state index in [0.717, 1.165) is 6.42 Å². The van der Waals surface area contributed by atoms with E-state index in [9.17, 15) is 14.7 Å². The number of carbonyl (C=O) groups is 2. The van der Waals surface area contributed by atoms with Gasteiger partial charge in [-0.3, -0.25) is 9.59 Å². The number of ether oxygens (including phenoxy) is 1. The third kappa shape index (κ3) is 3.40. The normalized spacial score (nSPS) is 18.0. The lowest BCUT2D eigenvalue weighted by Crippen LogP contribution is -2.39. The molecular formula is C14H17NO5. The second kappa shape index (κ2) is 6.27. The number of hydrogen-bond acceptors (Lipinski definition) is 4. The average molecular weight is 279 g/mol. The van der Waals surface area contributed by atoms with Crippen LogP contribution in [0.15, 0.2) is 24.3 Å². The molecule has 1 aliphatic rings. The summed E-state index contributed by atoms with van der Waals surface area (Å²) in [5.74, 6) is -0.938. The standard InChI is InChI=1S/C14H17NO5/c16-11-5-1-2-6-12(11)20-9-13(17)15-7-3-4-10(15)8-14(18)19/h1-2,5-6,10,16H,3-4,7-9H2,(H,18,19). The van der Waals surface area contributed by atoms with E-state index >= 15 is 0 Å². The monoisotopic (exact) mass is 279 g/mol. The summed E-state index contributed by atoms with van der Waals surface area (Å²) < 4.78 is 5.28. The van der Waals surface area contributed by atoms with E-state index in [1.165, 1.54) is 6.07 Å². The van der Waals surface area contributed by atoms with Gasteiger partial charge in [-0.15, -0.1) is 0 Å². The molecule has 1 heterocycles. The summed E-state index contributed by atoms with van der Waals surface area (Å²) >= 11 is 0. The van der Waals surface area contributed by atoms with Crippen molar-refractivity contribution in [1.82, 2.24) is 4.90 Å². The Kier molecular flexibility index (Phi) is 4.45. The van der Waals surface area contributed by atoms with E-state index in [1.54, 1.807) is 23.1 Å². The number of aromatic hydroxyl groups is 1. The van der Waals surface area contributed by atoms with Crippen molar-refractivity contribution in [3.8, 4) is 11.5 Å². The number of likely N-dealkylation sites (tertiary alicyclic amines) is 1. The van der Waals surface area contributed by atoms with Crippen molar-refractivity contribution in [1.29, 1.82) is 0 Å². The molecule has 0 bridgehead atoms. The number of aliphatic carboxylic acids is 1. The number of phenolic OH excluding ortho intramolecular Hbond substituents is 1. The Bertz CT molecular complexity index is 502. The molecule has 0 aliphatic carbocycles. The Morgan fingerprint density at radius 3 is 2.80 bits per heavy atom. The van der Waals surface area contributed by atoms with E-state index in [2.05, 4.69) is 0 Å². The second-order valence-corrected chi connectivity index (χ2v) is 4.74. The van der Waals surface area contributed by atoms with Crippen LogP contribution in [0.25, 0.3) is 0 Å². The molecule has 0 aromatic heterocycles. The maximum absolute atomic E-state index is 12.0. The molecule has 1 atom stereocenters. The Balaban J connectivity index is 1.91. The van der Waals surface area contributed by atoms with Gasteiger partial charge in [-0.1, -0.05) is 12.1 Å². The summed E-state index contributed by atoms with van der Waals surface area (Å²) in [6, 6.07) is 6.15. The molecule has 1 amide bonds. The molecule has 6 heteroatoms. The van der Waals surface area contributed by atoms with Gasteiger partial charge in [0.2, 0.25) is 0 Å². The number of phenols is 1. The molecule has 6 nitrogen and oxygen atoms in total. The molecule has 2 rings (SSSR count). The maximum Gasteiger partial charge on any atom is 0.305 e. The maximum atomic E-state index is 12.0. The van der Waals surface area contributed by atoms with Crippen LogP contribution in [0.3, 0.4) is 0 Å². The zero-order valence-corrected chi connectivity index (χ0v) is 11.0. The first kappa shape index (κ1) is 14.2. The van der Waals surface area contributed by atoms with Gasteiger partial charge in [0.25, 0.3) is 5.91 Å².